The maximum atomic E-state index is 10.4. The predicted octanol–water partition coefficient (Wildman–Crippen LogP) is 1.39. The van der Waals surface area contributed by atoms with Crippen molar-refractivity contribution in [2.24, 2.45) is 5.92 Å². The summed E-state index contributed by atoms with van der Waals surface area (Å²) >= 11 is 0. The first kappa shape index (κ1) is 7.73. The number of carbonyl (C=O) groups is 1. The highest BCUT2D eigenvalue weighted by molar-refractivity contribution is 5.53. The Morgan fingerprint density at radius 2 is 1.80 bits per heavy atom. The third-order valence-corrected chi connectivity index (χ3v) is 1.93. The van der Waals surface area contributed by atoms with Crippen molar-refractivity contribution in [2.75, 3.05) is 0 Å². The van der Waals surface area contributed by atoms with Crippen LogP contribution in [-0.2, 0) is 9.53 Å². The molecule has 1 aliphatic rings. The molecule has 0 spiro atoms. The van der Waals surface area contributed by atoms with Crippen molar-refractivity contribution in [3.63, 3.8) is 0 Å². The third-order valence-electron chi connectivity index (χ3n) is 1.93. The van der Waals surface area contributed by atoms with Crippen LogP contribution in [-0.4, -0.2) is 18.5 Å². The van der Waals surface area contributed by atoms with E-state index in [1.54, 1.807) is 0 Å². The van der Waals surface area contributed by atoms with Crippen LogP contribution >= 0.6 is 0 Å². The van der Waals surface area contributed by atoms with Gasteiger partial charge in [0.25, 0.3) is 0 Å². The fourth-order valence-corrected chi connectivity index (χ4v) is 1.57. The molecule has 0 aromatic rings. The predicted molar refractivity (Wildman–Crippen MR) is 38.8 cm³/mol. The van der Waals surface area contributed by atoms with Gasteiger partial charge < -0.3 is 9.53 Å². The molecule has 0 aliphatic carbocycles. The van der Waals surface area contributed by atoms with Crippen molar-refractivity contribution in [1.82, 2.24) is 0 Å². The lowest BCUT2D eigenvalue weighted by atomic mass is 9.94. The average molecular weight is 142 g/mol. The first-order valence-electron chi connectivity index (χ1n) is 3.83. The van der Waals surface area contributed by atoms with Gasteiger partial charge in [0.2, 0.25) is 0 Å². The standard InChI is InChI=1S/C8H14O2/c1-6-3-8(5-9)4-7(2)10-6/h5-8H,3-4H2,1-2H3/t6-,7+,8+. The van der Waals surface area contributed by atoms with Crippen LogP contribution in [0.5, 0.6) is 0 Å². The van der Waals surface area contributed by atoms with Gasteiger partial charge in [0.1, 0.15) is 6.29 Å². The van der Waals surface area contributed by atoms with Gasteiger partial charge >= 0.3 is 0 Å². The third kappa shape index (κ3) is 1.81. The molecule has 0 radical (unpaired) electrons. The summed E-state index contributed by atoms with van der Waals surface area (Å²) < 4.78 is 5.46. The highest BCUT2D eigenvalue weighted by atomic mass is 16.5. The van der Waals surface area contributed by atoms with Crippen molar-refractivity contribution in [2.45, 2.75) is 38.9 Å². The second-order valence-corrected chi connectivity index (χ2v) is 3.12. The Hall–Kier alpha value is -0.370. The Morgan fingerprint density at radius 1 is 1.30 bits per heavy atom. The highest BCUT2D eigenvalue weighted by Gasteiger charge is 2.23. The normalized spacial score (nSPS) is 41.2. The molecule has 0 N–H and O–H groups in total. The van der Waals surface area contributed by atoms with Crippen LogP contribution < -0.4 is 0 Å². The minimum atomic E-state index is 0.235. The smallest absolute Gasteiger partial charge is 0.123 e. The van der Waals surface area contributed by atoms with Gasteiger partial charge in [-0.2, -0.15) is 0 Å². The molecule has 0 aromatic carbocycles. The van der Waals surface area contributed by atoms with E-state index in [1.165, 1.54) is 0 Å². The van der Waals surface area contributed by atoms with Crippen LogP contribution in [0.15, 0.2) is 0 Å². The lowest BCUT2D eigenvalue weighted by Gasteiger charge is -2.28. The summed E-state index contributed by atoms with van der Waals surface area (Å²) in [5.74, 6) is 0.235. The van der Waals surface area contributed by atoms with Gasteiger partial charge in [0.15, 0.2) is 0 Å². The summed E-state index contributed by atoms with van der Waals surface area (Å²) in [5.41, 5.74) is 0. The molecular formula is C8H14O2. The summed E-state index contributed by atoms with van der Waals surface area (Å²) in [6, 6.07) is 0. The number of hydrogen-bond donors (Lipinski definition) is 0. The maximum absolute atomic E-state index is 10.4. The van der Waals surface area contributed by atoms with Gasteiger partial charge in [0.05, 0.1) is 12.2 Å². The molecule has 0 amide bonds. The minimum absolute atomic E-state index is 0.235. The van der Waals surface area contributed by atoms with E-state index in [4.69, 9.17) is 4.74 Å². The van der Waals surface area contributed by atoms with Gasteiger partial charge in [-0.1, -0.05) is 0 Å². The van der Waals surface area contributed by atoms with E-state index in [0.717, 1.165) is 19.1 Å². The van der Waals surface area contributed by atoms with Gasteiger partial charge in [-0.3, -0.25) is 0 Å². The molecule has 2 nitrogen and oxygen atoms in total. The molecule has 3 atom stereocenters. The maximum Gasteiger partial charge on any atom is 0.123 e. The first-order chi connectivity index (χ1) is 4.72. The van der Waals surface area contributed by atoms with E-state index >= 15 is 0 Å². The molecule has 0 bridgehead atoms. The molecule has 1 saturated heterocycles. The Labute approximate surface area is 61.6 Å². The van der Waals surface area contributed by atoms with Crippen molar-refractivity contribution in [3.8, 4) is 0 Å². The molecule has 1 aliphatic heterocycles. The van der Waals surface area contributed by atoms with E-state index in [-0.39, 0.29) is 18.1 Å². The van der Waals surface area contributed by atoms with Gasteiger partial charge in [-0.15, -0.1) is 0 Å². The molecule has 1 fully saturated rings. The first-order valence-corrected chi connectivity index (χ1v) is 3.83. The van der Waals surface area contributed by atoms with E-state index in [9.17, 15) is 4.79 Å². The molecule has 58 valence electrons. The summed E-state index contributed by atoms with van der Waals surface area (Å²) in [7, 11) is 0. The van der Waals surface area contributed by atoms with Crippen LogP contribution in [0.25, 0.3) is 0 Å². The fourth-order valence-electron chi connectivity index (χ4n) is 1.57. The molecule has 1 heterocycles. The molecule has 10 heavy (non-hydrogen) atoms. The van der Waals surface area contributed by atoms with Crippen molar-refractivity contribution >= 4 is 6.29 Å². The van der Waals surface area contributed by atoms with Gasteiger partial charge in [-0.05, 0) is 26.7 Å². The quantitative estimate of drug-likeness (QED) is 0.517. The Balaban J connectivity index is 2.42. The van der Waals surface area contributed by atoms with Crippen molar-refractivity contribution in [3.05, 3.63) is 0 Å². The van der Waals surface area contributed by atoms with E-state index in [0.29, 0.717) is 0 Å². The minimum Gasteiger partial charge on any atom is -0.376 e. The van der Waals surface area contributed by atoms with Crippen molar-refractivity contribution in [1.29, 1.82) is 0 Å². The zero-order valence-electron chi connectivity index (χ0n) is 6.54. The average Bonchev–Trinajstić information content (AvgIpc) is 1.85. The van der Waals surface area contributed by atoms with E-state index in [2.05, 4.69) is 0 Å². The molecule has 0 saturated carbocycles. The Kier molecular flexibility index (Phi) is 2.44. The lowest BCUT2D eigenvalue weighted by molar-refractivity contribution is -0.119. The van der Waals surface area contributed by atoms with Gasteiger partial charge in [0, 0.05) is 5.92 Å². The summed E-state index contributed by atoms with van der Waals surface area (Å²) in [5, 5.41) is 0. The summed E-state index contributed by atoms with van der Waals surface area (Å²) in [6.45, 7) is 4.04. The number of ether oxygens (including phenoxy) is 1. The monoisotopic (exact) mass is 142 g/mol. The molecule has 0 aromatic heterocycles. The molecule has 2 heteroatoms. The van der Waals surface area contributed by atoms with Crippen LogP contribution in [0, 0.1) is 5.92 Å². The highest BCUT2D eigenvalue weighted by Crippen LogP contribution is 2.22. The Bertz CT molecular complexity index is 112. The zero-order chi connectivity index (χ0) is 7.56. The van der Waals surface area contributed by atoms with Crippen LogP contribution in [0.4, 0.5) is 0 Å². The SMILES string of the molecule is C[C@@H]1C[C@H](C=O)C[C@H](C)O1. The molecular weight excluding hydrogens is 128 g/mol. The number of hydrogen-bond acceptors (Lipinski definition) is 2. The second kappa shape index (κ2) is 3.15. The second-order valence-electron chi connectivity index (χ2n) is 3.12. The molecule has 1 rings (SSSR count). The largest absolute Gasteiger partial charge is 0.376 e. The Morgan fingerprint density at radius 3 is 2.20 bits per heavy atom. The molecule has 0 unspecified atom stereocenters. The number of aldehydes is 1. The van der Waals surface area contributed by atoms with E-state index < -0.39 is 0 Å². The topological polar surface area (TPSA) is 26.3 Å². The number of rotatable bonds is 1. The number of carbonyl (C=O) groups excluding carboxylic acids is 1. The fraction of sp³-hybridized carbons (Fsp3) is 0.875. The van der Waals surface area contributed by atoms with E-state index in [1.807, 2.05) is 13.8 Å². The van der Waals surface area contributed by atoms with Crippen LogP contribution in [0.2, 0.25) is 0 Å². The van der Waals surface area contributed by atoms with Crippen molar-refractivity contribution < 1.29 is 9.53 Å². The zero-order valence-corrected chi connectivity index (χ0v) is 6.54. The summed E-state index contributed by atoms with van der Waals surface area (Å²) in [4.78, 5) is 10.4. The van der Waals surface area contributed by atoms with Crippen LogP contribution in [0.3, 0.4) is 0 Å². The van der Waals surface area contributed by atoms with Crippen LogP contribution in [0.1, 0.15) is 26.7 Å². The lowest BCUT2D eigenvalue weighted by Crippen LogP contribution is -2.29. The summed E-state index contributed by atoms with van der Waals surface area (Å²) in [6.07, 6.45) is 3.37. The van der Waals surface area contributed by atoms with Gasteiger partial charge in [-0.25, -0.2) is 0 Å².